The van der Waals surface area contributed by atoms with Gasteiger partial charge in [0.05, 0.1) is 6.42 Å². The molecule has 0 aromatic rings. The highest BCUT2D eigenvalue weighted by Crippen LogP contribution is 2.13. The Morgan fingerprint density at radius 1 is 1.33 bits per heavy atom. The largest absolute Gasteiger partial charge is 0.481 e. The van der Waals surface area contributed by atoms with Crippen LogP contribution in [0.25, 0.3) is 0 Å². The molecule has 0 aliphatic carbocycles. The molecular weight excluding hydrogens is 172 g/mol. The van der Waals surface area contributed by atoms with Crippen LogP contribution >= 0.6 is 0 Å². The molecule has 0 heterocycles. The van der Waals surface area contributed by atoms with Gasteiger partial charge in [-0.15, -0.1) is 0 Å². The van der Waals surface area contributed by atoms with Gasteiger partial charge in [-0.1, -0.05) is 0 Å². The van der Waals surface area contributed by atoms with Crippen LogP contribution in [-0.4, -0.2) is 38.3 Å². The lowest BCUT2D eigenvalue weighted by Crippen LogP contribution is -2.41. The SMILES string of the molecule is O=C(O)CC[C@](O)(OO)C(=O)O. The molecule has 7 heteroatoms. The Morgan fingerprint density at radius 2 is 1.83 bits per heavy atom. The van der Waals surface area contributed by atoms with E-state index < -0.39 is 30.6 Å². The van der Waals surface area contributed by atoms with E-state index in [0.717, 1.165) is 0 Å². The van der Waals surface area contributed by atoms with Crippen molar-refractivity contribution in [1.82, 2.24) is 0 Å². The lowest BCUT2D eigenvalue weighted by Gasteiger charge is -2.17. The molecule has 7 nitrogen and oxygen atoms in total. The summed E-state index contributed by atoms with van der Waals surface area (Å²) in [5.74, 6) is -5.98. The summed E-state index contributed by atoms with van der Waals surface area (Å²) in [4.78, 5) is 23.3. The van der Waals surface area contributed by atoms with Crippen molar-refractivity contribution in [2.45, 2.75) is 18.6 Å². The fraction of sp³-hybridized carbons (Fsp3) is 0.600. The summed E-state index contributed by atoms with van der Waals surface area (Å²) in [6.07, 6.45) is -1.35. The standard InChI is InChI=1S/C5H8O7/c6-3(7)1-2-5(10,12-11)4(8)9/h10-11H,1-2H2,(H,6,7)(H,8,9)/t5-/m0/s1. The highest BCUT2D eigenvalue weighted by molar-refractivity contribution is 5.76. The Hall–Kier alpha value is -1.18. The monoisotopic (exact) mass is 180 g/mol. The van der Waals surface area contributed by atoms with E-state index in [0.29, 0.717) is 0 Å². The van der Waals surface area contributed by atoms with Crippen molar-refractivity contribution in [3.05, 3.63) is 0 Å². The molecule has 0 bridgehead atoms. The number of carboxylic acids is 2. The number of carboxylic acid groups (broad SMARTS) is 2. The molecule has 4 N–H and O–H groups in total. The number of hydrogen-bond acceptors (Lipinski definition) is 5. The fourth-order valence-electron chi connectivity index (χ4n) is 0.468. The molecule has 0 saturated heterocycles. The highest BCUT2D eigenvalue weighted by atomic mass is 17.1. The maximum Gasteiger partial charge on any atom is 0.367 e. The maximum atomic E-state index is 10.1. The Labute approximate surface area is 66.7 Å². The van der Waals surface area contributed by atoms with Crippen LogP contribution in [0, 0.1) is 0 Å². The zero-order valence-corrected chi connectivity index (χ0v) is 5.93. The lowest BCUT2D eigenvalue weighted by atomic mass is 10.1. The summed E-state index contributed by atoms with van der Waals surface area (Å²) in [5, 5.41) is 33.1. The molecule has 0 fully saturated rings. The van der Waals surface area contributed by atoms with Crippen LogP contribution < -0.4 is 0 Å². The summed E-state index contributed by atoms with van der Waals surface area (Å²) in [7, 11) is 0. The van der Waals surface area contributed by atoms with Gasteiger partial charge in [0.2, 0.25) is 0 Å². The third-order valence-electron chi connectivity index (χ3n) is 1.16. The molecular formula is C5H8O7. The predicted molar refractivity (Wildman–Crippen MR) is 33.2 cm³/mol. The van der Waals surface area contributed by atoms with Gasteiger partial charge >= 0.3 is 11.9 Å². The molecule has 0 aliphatic rings. The Balaban J connectivity index is 4.15. The van der Waals surface area contributed by atoms with E-state index in [1.807, 2.05) is 0 Å². The topological polar surface area (TPSA) is 124 Å². The molecule has 1 atom stereocenters. The van der Waals surface area contributed by atoms with Gasteiger partial charge in [-0.2, -0.15) is 4.89 Å². The molecule has 0 radical (unpaired) electrons. The van der Waals surface area contributed by atoms with E-state index in [2.05, 4.69) is 4.89 Å². The van der Waals surface area contributed by atoms with Gasteiger partial charge in [0.1, 0.15) is 0 Å². The second kappa shape index (κ2) is 4.00. The fourth-order valence-corrected chi connectivity index (χ4v) is 0.468. The van der Waals surface area contributed by atoms with Crippen LogP contribution in [0.5, 0.6) is 0 Å². The molecule has 0 rings (SSSR count). The molecule has 0 unspecified atom stereocenters. The Kier molecular flexibility index (Phi) is 3.61. The van der Waals surface area contributed by atoms with Crippen molar-refractivity contribution in [3.63, 3.8) is 0 Å². The van der Waals surface area contributed by atoms with E-state index >= 15 is 0 Å². The van der Waals surface area contributed by atoms with Crippen LogP contribution in [0.1, 0.15) is 12.8 Å². The quantitative estimate of drug-likeness (QED) is 0.246. The van der Waals surface area contributed by atoms with Gasteiger partial charge in [0.25, 0.3) is 5.79 Å². The van der Waals surface area contributed by atoms with E-state index in [9.17, 15) is 9.59 Å². The van der Waals surface area contributed by atoms with Gasteiger partial charge in [0, 0.05) is 6.42 Å². The first-order chi connectivity index (χ1) is 5.42. The number of rotatable bonds is 5. The lowest BCUT2D eigenvalue weighted by molar-refractivity contribution is -0.380. The summed E-state index contributed by atoms with van der Waals surface area (Å²) >= 11 is 0. The van der Waals surface area contributed by atoms with E-state index in [-0.39, 0.29) is 0 Å². The molecule has 0 saturated carbocycles. The minimum atomic E-state index is -2.83. The van der Waals surface area contributed by atoms with E-state index in [1.54, 1.807) is 0 Å². The molecule has 0 aliphatic heterocycles. The van der Waals surface area contributed by atoms with Gasteiger partial charge < -0.3 is 15.3 Å². The number of aliphatic hydroxyl groups is 1. The second-order valence-corrected chi connectivity index (χ2v) is 2.07. The van der Waals surface area contributed by atoms with Crippen LogP contribution in [-0.2, 0) is 14.5 Å². The minimum Gasteiger partial charge on any atom is -0.481 e. The molecule has 70 valence electrons. The number of aliphatic carboxylic acids is 2. The molecule has 0 aromatic heterocycles. The van der Waals surface area contributed by atoms with Crippen molar-refractivity contribution in [1.29, 1.82) is 0 Å². The third-order valence-corrected chi connectivity index (χ3v) is 1.16. The third kappa shape index (κ3) is 2.82. The van der Waals surface area contributed by atoms with Crippen molar-refractivity contribution in [2.24, 2.45) is 0 Å². The van der Waals surface area contributed by atoms with E-state index in [4.69, 9.17) is 20.6 Å². The summed E-state index contributed by atoms with van der Waals surface area (Å²) in [6.45, 7) is 0. The van der Waals surface area contributed by atoms with Crippen molar-refractivity contribution >= 4 is 11.9 Å². The Morgan fingerprint density at radius 3 is 2.08 bits per heavy atom. The summed E-state index contributed by atoms with van der Waals surface area (Å²) in [5.41, 5.74) is 0. The average molecular weight is 180 g/mol. The van der Waals surface area contributed by atoms with Gasteiger partial charge in [-0.25, -0.2) is 10.1 Å². The minimum absolute atomic E-state index is 0.622. The zero-order valence-electron chi connectivity index (χ0n) is 5.93. The predicted octanol–water partition coefficient (Wildman–Crippen LogP) is -0.886. The zero-order chi connectivity index (χ0) is 9.78. The van der Waals surface area contributed by atoms with Crippen LogP contribution in [0.3, 0.4) is 0 Å². The number of hydrogen-bond donors (Lipinski definition) is 4. The van der Waals surface area contributed by atoms with E-state index in [1.165, 1.54) is 0 Å². The van der Waals surface area contributed by atoms with Crippen molar-refractivity contribution in [2.75, 3.05) is 0 Å². The van der Waals surface area contributed by atoms with Crippen LogP contribution in [0.2, 0.25) is 0 Å². The number of carbonyl (C=O) groups is 2. The van der Waals surface area contributed by atoms with Crippen LogP contribution in [0.15, 0.2) is 0 Å². The second-order valence-electron chi connectivity index (χ2n) is 2.07. The average Bonchev–Trinajstić information content (AvgIpc) is 1.99. The van der Waals surface area contributed by atoms with Gasteiger partial charge in [0.15, 0.2) is 0 Å². The highest BCUT2D eigenvalue weighted by Gasteiger charge is 2.38. The Bertz CT molecular complexity index is 188. The smallest absolute Gasteiger partial charge is 0.367 e. The first-order valence-electron chi connectivity index (χ1n) is 2.92. The summed E-state index contributed by atoms with van der Waals surface area (Å²) < 4.78 is 0. The van der Waals surface area contributed by atoms with Crippen LogP contribution in [0.4, 0.5) is 0 Å². The summed E-state index contributed by atoms with van der Waals surface area (Å²) in [6, 6.07) is 0. The van der Waals surface area contributed by atoms with Crippen molar-refractivity contribution < 1.29 is 35.1 Å². The maximum absolute atomic E-state index is 10.1. The van der Waals surface area contributed by atoms with Gasteiger partial charge in [-0.05, 0) is 0 Å². The van der Waals surface area contributed by atoms with Gasteiger partial charge in [-0.3, -0.25) is 4.79 Å². The van der Waals surface area contributed by atoms with Crippen molar-refractivity contribution in [3.8, 4) is 0 Å². The molecule has 0 spiro atoms. The first-order valence-corrected chi connectivity index (χ1v) is 2.92. The molecule has 0 aromatic carbocycles. The molecule has 12 heavy (non-hydrogen) atoms. The molecule has 0 amide bonds. The normalized spacial score (nSPS) is 15.2. The first kappa shape index (κ1) is 10.8.